The fourth-order valence-corrected chi connectivity index (χ4v) is 3.60. The third-order valence-corrected chi connectivity index (χ3v) is 5.26. The Bertz CT molecular complexity index is 862. The van der Waals surface area contributed by atoms with Crippen molar-refractivity contribution in [1.29, 1.82) is 0 Å². The minimum atomic E-state index is 0.868. The van der Waals surface area contributed by atoms with Crippen LogP contribution >= 0.6 is 0 Å². The number of H-pyrrole nitrogens is 1. The first-order valence-corrected chi connectivity index (χ1v) is 9.43. The fraction of sp³-hybridized carbons (Fsp3) is 0.318. The van der Waals surface area contributed by atoms with Crippen molar-refractivity contribution in [2.45, 2.75) is 13.5 Å². The highest BCUT2D eigenvalue weighted by Gasteiger charge is 2.19. The molecular formula is C22H26N4O. The zero-order valence-electron chi connectivity index (χ0n) is 16.0. The van der Waals surface area contributed by atoms with Gasteiger partial charge in [0.2, 0.25) is 0 Å². The Hall–Kier alpha value is -2.79. The van der Waals surface area contributed by atoms with Gasteiger partial charge in [0.15, 0.2) is 0 Å². The number of nitrogens with zero attached hydrogens (tertiary/aromatic N) is 3. The van der Waals surface area contributed by atoms with Gasteiger partial charge in [-0.05, 0) is 43.3 Å². The number of aromatic amines is 1. The van der Waals surface area contributed by atoms with Gasteiger partial charge in [-0.1, -0.05) is 17.7 Å². The van der Waals surface area contributed by atoms with E-state index in [0.29, 0.717) is 0 Å². The van der Waals surface area contributed by atoms with Crippen molar-refractivity contribution in [2.24, 2.45) is 0 Å². The second-order valence-corrected chi connectivity index (χ2v) is 7.10. The Kier molecular flexibility index (Phi) is 5.12. The lowest BCUT2D eigenvalue weighted by Crippen LogP contribution is -2.45. The van der Waals surface area contributed by atoms with Crippen LogP contribution in [0.15, 0.2) is 54.7 Å². The molecule has 0 unspecified atom stereocenters. The molecule has 4 rings (SSSR count). The predicted molar refractivity (Wildman–Crippen MR) is 109 cm³/mol. The maximum absolute atomic E-state index is 5.25. The Labute approximate surface area is 160 Å². The molecule has 0 saturated carbocycles. The van der Waals surface area contributed by atoms with E-state index in [1.807, 2.05) is 18.3 Å². The van der Waals surface area contributed by atoms with E-state index < -0.39 is 0 Å². The molecule has 0 atom stereocenters. The number of hydrogen-bond acceptors (Lipinski definition) is 4. The van der Waals surface area contributed by atoms with Crippen LogP contribution in [0.2, 0.25) is 0 Å². The van der Waals surface area contributed by atoms with Gasteiger partial charge in [-0.15, -0.1) is 0 Å². The number of benzene rings is 2. The number of nitrogens with one attached hydrogen (secondary N) is 1. The summed E-state index contributed by atoms with van der Waals surface area (Å²) in [4.78, 5) is 4.97. The number of aromatic nitrogens is 2. The first-order valence-electron chi connectivity index (χ1n) is 9.43. The molecule has 0 amide bonds. The van der Waals surface area contributed by atoms with Gasteiger partial charge in [-0.2, -0.15) is 5.10 Å². The summed E-state index contributed by atoms with van der Waals surface area (Å²) in [5.41, 5.74) is 6.11. The van der Waals surface area contributed by atoms with Crippen LogP contribution in [0.1, 0.15) is 11.1 Å². The summed E-state index contributed by atoms with van der Waals surface area (Å²) in [6, 6.07) is 16.9. The molecule has 2 heterocycles. The quantitative estimate of drug-likeness (QED) is 0.751. The summed E-state index contributed by atoms with van der Waals surface area (Å²) < 4.78 is 5.25. The number of rotatable bonds is 5. The fourth-order valence-electron chi connectivity index (χ4n) is 3.60. The monoisotopic (exact) mass is 362 g/mol. The van der Waals surface area contributed by atoms with E-state index in [4.69, 9.17) is 4.74 Å². The van der Waals surface area contributed by atoms with E-state index in [1.165, 1.54) is 16.8 Å². The van der Waals surface area contributed by atoms with Crippen molar-refractivity contribution < 1.29 is 4.74 Å². The Morgan fingerprint density at radius 1 is 0.963 bits per heavy atom. The SMILES string of the molecule is COc1ccc(-c2[nH]ncc2CN2CCN(c3ccc(C)cc3)CC2)cc1. The topological polar surface area (TPSA) is 44.4 Å². The molecule has 1 saturated heterocycles. The molecule has 0 aliphatic carbocycles. The number of piperazine rings is 1. The molecule has 1 aliphatic heterocycles. The molecule has 140 valence electrons. The summed E-state index contributed by atoms with van der Waals surface area (Å²) >= 11 is 0. The highest BCUT2D eigenvalue weighted by Crippen LogP contribution is 2.25. The third-order valence-electron chi connectivity index (χ3n) is 5.26. The van der Waals surface area contributed by atoms with E-state index in [1.54, 1.807) is 7.11 Å². The van der Waals surface area contributed by atoms with Crippen LogP contribution in [-0.4, -0.2) is 48.4 Å². The van der Waals surface area contributed by atoms with Gasteiger partial charge in [0.25, 0.3) is 0 Å². The number of ether oxygens (including phenoxy) is 1. The summed E-state index contributed by atoms with van der Waals surface area (Å²) in [5.74, 6) is 0.868. The van der Waals surface area contributed by atoms with Crippen LogP contribution in [0.4, 0.5) is 5.69 Å². The van der Waals surface area contributed by atoms with E-state index in [9.17, 15) is 0 Å². The van der Waals surface area contributed by atoms with E-state index in [2.05, 4.69) is 63.3 Å². The van der Waals surface area contributed by atoms with Gasteiger partial charge < -0.3 is 9.64 Å². The lowest BCUT2D eigenvalue weighted by Gasteiger charge is -2.36. The van der Waals surface area contributed by atoms with Crippen LogP contribution in [0.5, 0.6) is 5.75 Å². The molecule has 1 fully saturated rings. The second kappa shape index (κ2) is 7.84. The van der Waals surface area contributed by atoms with Gasteiger partial charge in [-0.3, -0.25) is 10.00 Å². The Morgan fingerprint density at radius 2 is 1.67 bits per heavy atom. The highest BCUT2D eigenvalue weighted by atomic mass is 16.5. The average molecular weight is 362 g/mol. The average Bonchev–Trinajstić information content (AvgIpc) is 3.17. The van der Waals surface area contributed by atoms with Crippen molar-refractivity contribution >= 4 is 5.69 Å². The third kappa shape index (κ3) is 3.98. The molecule has 2 aromatic carbocycles. The number of aryl methyl sites for hydroxylation is 1. The molecule has 0 radical (unpaired) electrons. The van der Waals surface area contributed by atoms with Gasteiger partial charge in [0.1, 0.15) is 5.75 Å². The molecule has 0 spiro atoms. The zero-order valence-corrected chi connectivity index (χ0v) is 16.0. The Morgan fingerprint density at radius 3 is 2.33 bits per heavy atom. The minimum Gasteiger partial charge on any atom is -0.497 e. The lowest BCUT2D eigenvalue weighted by molar-refractivity contribution is 0.250. The number of hydrogen-bond donors (Lipinski definition) is 1. The smallest absolute Gasteiger partial charge is 0.118 e. The standard InChI is InChI=1S/C22H26N4O/c1-17-3-7-20(8-4-17)26-13-11-25(12-14-26)16-19-15-23-24-22(19)18-5-9-21(27-2)10-6-18/h3-10,15H,11-14,16H2,1-2H3,(H,23,24). The van der Waals surface area contributed by atoms with E-state index in [0.717, 1.165) is 49.7 Å². The molecule has 0 bridgehead atoms. The number of methoxy groups -OCH3 is 1. The predicted octanol–water partition coefficient (Wildman–Crippen LogP) is 3.72. The van der Waals surface area contributed by atoms with Crippen molar-refractivity contribution in [3.63, 3.8) is 0 Å². The first kappa shape index (κ1) is 17.6. The van der Waals surface area contributed by atoms with Crippen molar-refractivity contribution in [3.8, 4) is 17.0 Å². The van der Waals surface area contributed by atoms with E-state index in [-0.39, 0.29) is 0 Å². The maximum atomic E-state index is 5.25. The number of anilines is 1. The summed E-state index contributed by atoms with van der Waals surface area (Å²) in [7, 11) is 1.69. The van der Waals surface area contributed by atoms with Gasteiger partial charge in [0, 0.05) is 49.5 Å². The Balaban J connectivity index is 1.39. The van der Waals surface area contributed by atoms with Crippen LogP contribution in [-0.2, 0) is 6.54 Å². The zero-order chi connectivity index (χ0) is 18.6. The van der Waals surface area contributed by atoms with Crippen LogP contribution in [0.25, 0.3) is 11.3 Å². The largest absolute Gasteiger partial charge is 0.497 e. The molecule has 27 heavy (non-hydrogen) atoms. The molecule has 3 aromatic rings. The molecule has 1 aliphatic rings. The van der Waals surface area contributed by atoms with Gasteiger partial charge in [0.05, 0.1) is 19.0 Å². The first-order chi connectivity index (χ1) is 13.2. The normalized spacial score (nSPS) is 15.1. The van der Waals surface area contributed by atoms with Crippen molar-refractivity contribution in [2.75, 3.05) is 38.2 Å². The van der Waals surface area contributed by atoms with E-state index >= 15 is 0 Å². The van der Waals surface area contributed by atoms with Crippen LogP contribution in [0.3, 0.4) is 0 Å². The molecule has 1 aromatic heterocycles. The summed E-state index contributed by atoms with van der Waals surface area (Å²) in [5, 5.41) is 7.45. The molecular weight excluding hydrogens is 336 g/mol. The molecule has 5 nitrogen and oxygen atoms in total. The van der Waals surface area contributed by atoms with Gasteiger partial charge in [-0.25, -0.2) is 0 Å². The second-order valence-electron chi connectivity index (χ2n) is 7.10. The van der Waals surface area contributed by atoms with Crippen LogP contribution in [0, 0.1) is 6.92 Å². The minimum absolute atomic E-state index is 0.868. The van der Waals surface area contributed by atoms with Crippen molar-refractivity contribution in [3.05, 3.63) is 65.9 Å². The van der Waals surface area contributed by atoms with Crippen LogP contribution < -0.4 is 9.64 Å². The summed E-state index contributed by atoms with van der Waals surface area (Å²) in [6.45, 7) is 7.27. The van der Waals surface area contributed by atoms with Crippen molar-refractivity contribution in [1.82, 2.24) is 15.1 Å². The molecule has 1 N–H and O–H groups in total. The lowest BCUT2D eigenvalue weighted by atomic mass is 10.1. The van der Waals surface area contributed by atoms with Gasteiger partial charge >= 0.3 is 0 Å². The summed E-state index contributed by atoms with van der Waals surface area (Å²) in [6.07, 6.45) is 1.95. The maximum Gasteiger partial charge on any atom is 0.118 e. The molecule has 5 heteroatoms. The highest BCUT2D eigenvalue weighted by molar-refractivity contribution is 5.63.